The molecule has 30 heavy (non-hydrogen) atoms. The van der Waals surface area contributed by atoms with Crippen LogP contribution >= 0.6 is 0 Å². The van der Waals surface area contributed by atoms with E-state index in [1.165, 1.54) is 22.4 Å². The first-order valence-corrected chi connectivity index (χ1v) is 11.4. The Labute approximate surface area is 182 Å². The van der Waals surface area contributed by atoms with Gasteiger partial charge in [-0.05, 0) is 61.8 Å². The van der Waals surface area contributed by atoms with Gasteiger partial charge in [-0.1, -0.05) is 46.2 Å². The Morgan fingerprint density at radius 1 is 1.13 bits per heavy atom. The summed E-state index contributed by atoms with van der Waals surface area (Å²) in [6, 6.07) is 6.11. The van der Waals surface area contributed by atoms with E-state index >= 15 is 0 Å². The molecule has 2 aliphatic rings. The summed E-state index contributed by atoms with van der Waals surface area (Å²) in [7, 11) is 0. The standard InChI is InChI=1S/C19H26N2O3.C3H8.C2H6.H2O/c22-18(16-4-5-17-13-20-9-6-15(17)12-16)3-1-2-14-7-10-21(11-8-14)19(23)24;1-3-2;1-2;/h4-5,12,14,20H,1-3,6-11,13H2,(H,23,24);3H2,1-2H3;1-2H3;1H2. The molecule has 0 bridgehead atoms. The highest BCUT2D eigenvalue weighted by molar-refractivity contribution is 5.96. The van der Waals surface area contributed by atoms with Gasteiger partial charge in [-0.25, -0.2) is 4.79 Å². The van der Waals surface area contributed by atoms with Crippen molar-refractivity contribution in [3.63, 3.8) is 0 Å². The third-order valence-electron chi connectivity index (χ3n) is 5.32. The van der Waals surface area contributed by atoms with E-state index in [4.69, 9.17) is 5.11 Å². The molecule has 0 unspecified atom stereocenters. The van der Waals surface area contributed by atoms with Crippen LogP contribution in [-0.4, -0.2) is 47.0 Å². The van der Waals surface area contributed by atoms with Crippen molar-refractivity contribution in [1.82, 2.24) is 10.2 Å². The number of likely N-dealkylation sites (tertiary alicyclic amines) is 1. The number of amides is 1. The molecule has 0 atom stereocenters. The van der Waals surface area contributed by atoms with Crippen LogP contribution in [0.5, 0.6) is 0 Å². The Morgan fingerprint density at radius 2 is 1.77 bits per heavy atom. The van der Waals surface area contributed by atoms with E-state index in [0.29, 0.717) is 25.4 Å². The monoisotopic (exact) mass is 422 g/mol. The zero-order valence-electron chi connectivity index (χ0n) is 19.3. The second-order valence-electron chi connectivity index (χ2n) is 7.65. The number of nitrogens with one attached hydrogen (secondary N) is 1. The molecule has 3 rings (SSSR count). The molecule has 4 N–H and O–H groups in total. The third-order valence-corrected chi connectivity index (χ3v) is 5.32. The van der Waals surface area contributed by atoms with E-state index < -0.39 is 6.09 Å². The predicted molar refractivity (Wildman–Crippen MR) is 123 cm³/mol. The van der Waals surface area contributed by atoms with Gasteiger partial charge in [0, 0.05) is 31.6 Å². The maximum absolute atomic E-state index is 12.4. The SMILES string of the molecule is CC.CCC.O.O=C(CCCC1CCN(C(=O)O)CC1)c1ccc2c(c1)CCNC2. The molecule has 1 amide bonds. The van der Waals surface area contributed by atoms with Crippen molar-refractivity contribution in [2.45, 2.75) is 79.2 Å². The van der Waals surface area contributed by atoms with Gasteiger partial charge >= 0.3 is 6.09 Å². The molecule has 0 aliphatic carbocycles. The minimum atomic E-state index is -0.814. The smallest absolute Gasteiger partial charge is 0.407 e. The highest BCUT2D eigenvalue weighted by Gasteiger charge is 2.22. The Hall–Kier alpha value is -1.92. The quantitative estimate of drug-likeness (QED) is 0.672. The molecular weight excluding hydrogens is 380 g/mol. The number of ketones is 1. The summed E-state index contributed by atoms with van der Waals surface area (Å²) in [5.41, 5.74) is 3.46. The highest BCUT2D eigenvalue weighted by atomic mass is 16.4. The number of carbonyl (C=O) groups excluding carboxylic acids is 1. The second kappa shape index (κ2) is 15.9. The van der Waals surface area contributed by atoms with Crippen molar-refractivity contribution < 1.29 is 20.2 Å². The van der Waals surface area contributed by atoms with E-state index in [0.717, 1.165) is 50.8 Å². The number of carbonyl (C=O) groups is 2. The van der Waals surface area contributed by atoms with Crippen molar-refractivity contribution in [1.29, 1.82) is 0 Å². The lowest BCUT2D eigenvalue weighted by molar-refractivity contribution is 0.0974. The van der Waals surface area contributed by atoms with E-state index in [2.05, 4.69) is 31.3 Å². The molecule has 6 nitrogen and oxygen atoms in total. The first kappa shape index (κ1) is 28.1. The van der Waals surface area contributed by atoms with Crippen LogP contribution in [0.15, 0.2) is 18.2 Å². The van der Waals surface area contributed by atoms with Crippen LogP contribution < -0.4 is 5.32 Å². The number of nitrogens with zero attached hydrogens (tertiary/aromatic N) is 1. The van der Waals surface area contributed by atoms with Gasteiger partial charge in [0.2, 0.25) is 0 Å². The maximum atomic E-state index is 12.4. The van der Waals surface area contributed by atoms with Crippen LogP contribution in [0.3, 0.4) is 0 Å². The van der Waals surface area contributed by atoms with Crippen molar-refractivity contribution in [3.05, 3.63) is 34.9 Å². The molecule has 6 heteroatoms. The van der Waals surface area contributed by atoms with Crippen LogP contribution in [0.25, 0.3) is 0 Å². The zero-order valence-corrected chi connectivity index (χ0v) is 19.3. The lowest BCUT2D eigenvalue weighted by Gasteiger charge is -2.29. The molecule has 1 fully saturated rings. The molecule has 1 aromatic rings. The van der Waals surface area contributed by atoms with E-state index in [1.807, 2.05) is 19.9 Å². The van der Waals surface area contributed by atoms with Gasteiger partial charge in [-0.15, -0.1) is 0 Å². The summed E-state index contributed by atoms with van der Waals surface area (Å²) in [5, 5.41) is 12.3. The summed E-state index contributed by atoms with van der Waals surface area (Å²) in [6.45, 7) is 11.4. The molecule has 172 valence electrons. The van der Waals surface area contributed by atoms with Gasteiger partial charge in [0.25, 0.3) is 0 Å². The number of fused-ring (bicyclic) bond motifs is 1. The minimum Gasteiger partial charge on any atom is -0.465 e. The fourth-order valence-electron chi connectivity index (χ4n) is 3.76. The molecule has 0 aromatic heterocycles. The Kier molecular flexibility index (Phi) is 14.8. The zero-order chi connectivity index (χ0) is 21.6. The lowest BCUT2D eigenvalue weighted by atomic mass is 9.90. The van der Waals surface area contributed by atoms with Gasteiger partial charge in [0.15, 0.2) is 5.78 Å². The summed E-state index contributed by atoms with van der Waals surface area (Å²) >= 11 is 0. The fourth-order valence-corrected chi connectivity index (χ4v) is 3.76. The molecule has 1 aromatic carbocycles. The van der Waals surface area contributed by atoms with Crippen LogP contribution in [-0.2, 0) is 13.0 Å². The van der Waals surface area contributed by atoms with Gasteiger partial charge in [0.1, 0.15) is 0 Å². The van der Waals surface area contributed by atoms with Crippen molar-refractivity contribution in [2.24, 2.45) is 5.92 Å². The molecule has 0 spiro atoms. The van der Waals surface area contributed by atoms with Crippen LogP contribution in [0, 0.1) is 5.92 Å². The normalized spacial score (nSPS) is 15.4. The van der Waals surface area contributed by atoms with Crippen LogP contribution in [0.4, 0.5) is 4.79 Å². The molecule has 0 radical (unpaired) electrons. The van der Waals surface area contributed by atoms with Gasteiger partial charge in [-0.2, -0.15) is 0 Å². The van der Waals surface area contributed by atoms with E-state index in [1.54, 1.807) is 0 Å². The third kappa shape index (κ3) is 9.26. The van der Waals surface area contributed by atoms with Crippen molar-refractivity contribution in [2.75, 3.05) is 19.6 Å². The Bertz CT molecular complexity index is 626. The summed E-state index contributed by atoms with van der Waals surface area (Å²) in [5.74, 6) is 0.794. The predicted octanol–water partition coefficient (Wildman–Crippen LogP) is 4.69. The largest absolute Gasteiger partial charge is 0.465 e. The Morgan fingerprint density at radius 3 is 2.37 bits per heavy atom. The topological polar surface area (TPSA) is 101 Å². The number of Topliss-reactive ketones (excluding diaryl/α,β-unsaturated/α-hetero) is 1. The van der Waals surface area contributed by atoms with Gasteiger partial charge < -0.3 is 20.8 Å². The first-order valence-electron chi connectivity index (χ1n) is 11.4. The number of piperidine rings is 1. The lowest BCUT2D eigenvalue weighted by Crippen LogP contribution is -2.37. The number of carboxylic acid groups (broad SMARTS) is 1. The summed E-state index contributed by atoms with van der Waals surface area (Å²) in [6.07, 6.45) is 5.79. The van der Waals surface area contributed by atoms with Gasteiger partial charge in [0.05, 0.1) is 0 Å². The molecule has 1 saturated heterocycles. The molecular formula is C24H42N2O4. The van der Waals surface area contributed by atoms with E-state index in [9.17, 15) is 9.59 Å². The number of hydrogen-bond acceptors (Lipinski definition) is 3. The molecule has 0 saturated carbocycles. The summed E-state index contributed by atoms with van der Waals surface area (Å²) < 4.78 is 0. The molecule has 2 aliphatic heterocycles. The highest BCUT2D eigenvalue weighted by Crippen LogP contribution is 2.24. The molecule has 2 heterocycles. The average Bonchev–Trinajstić information content (AvgIpc) is 2.75. The van der Waals surface area contributed by atoms with Gasteiger partial charge in [-0.3, -0.25) is 4.79 Å². The maximum Gasteiger partial charge on any atom is 0.407 e. The summed E-state index contributed by atoms with van der Waals surface area (Å²) in [4.78, 5) is 24.8. The van der Waals surface area contributed by atoms with E-state index in [-0.39, 0.29) is 11.3 Å². The van der Waals surface area contributed by atoms with Crippen LogP contribution in [0.2, 0.25) is 0 Å². The van der Waals surface area contributed by atoms with Crippen molar-refractivity contribution >= 4 is 11.9 Å². The first-order chi connectivity index (χ1) is 14.0. The van der Waals surface area contributed by atoms with Crippen molar-refractivity contribution in [3.8, 4) is 0 Å². The second-order valence-corrected chi connectivity index (χ2v) is 7.65. The number of rotatable bonds is 5. The Balaban J connectivity index is 0.00000129. The van der Waals surface area contributed by atoms with Crippen LogP contribution in [0.1, 0.15) is 87.7 Å². The average molecular weight is 423 g/mol. The number of benzene rings is 1. The fraction of sp³-hybridized carbons (Fsp3) is 0.667. The minimum absolute atomic E-state index is 0. The number of hydrogen-bond donors (Lipinski definition) is 2.